The van der Waals surface area contributed by atoms with Gasteiger partial charge < -0.3 is 15.4 Å². The van der Waals surface area contributed by atoms with Gasteiger partial charge in [0.25, 0.3) is 0 Å². The molecule has 7 heteroatoms. The molecule has 0 bridgehead atoms. The average molecular weight is 259 g/mol. The number of nitrogens with zero attached hydrogens (tertiary/aromatic N) is 3. The summed E-state index contributed by atoms with van der Waals surface area (Å²) in [5.41, 5.74) is 1.22. The average Bonchev–Trinajstić information content (AvgIpc) is 2.87. The van der Waals surface area contributed by atoms with Crippen LogP contribution in [0.5, 0.6) is 5.88 Å². The van der Waals surface area contributed by atoms with E-state index in [0.717, 1.165) is 0 Å². The van der Waals surface area contributed by atoms with Crippen LogP contribution in [0.4, 0.5) is 10.3 Å². The Morgan fingerprint density at radius 1 is 1.26 bits per heavy atom. The summed E-state index contributed by atoms with van der Waals surface area (Å²) >= 11 is 0. The molecule has 6 nitrogen and oxygen atoms in total. The number of aromatic amines is 1. The highest BCUT2D eigenvalue weighted by molar-refractivity contribution is 5.76. The van der Waals surface area contributed by atoms with Crippen molar-refractivity contribution < 1.29 is 9.50 Å². The maximum absolute atomic E-state index is 13.4. The number of aromatic nitrogens is 4. The molecule has 2 heterocycles. The zero-order chi connectivity index (χ0) is 13.2. The lowest BCUT2D eigenvalue weighted by atomic mass is 10.2. The van der Waals surface area contributed by atoms with Crippen LogP contribution in [-0.4, -0.2) is 25.0 Å². The van der Waals surface area contributed by atoms with Gasteiger partial charge in [0.15, 0.2) is 11.2 Å². The molecule has 0 fully saturated rings. The number of nitrogens with one attached hydrogen (secondary N) is 2. The van der Waals surface area contributed by atoms with Crippen molar-refractivity contribution >= 4 is 17.1 Å². The molecule has 0 aliphatic heterocycles. The summed E-state index contributed by atoms with van der Waals surface area (Å²) in [5, 5.41) is 12.5. The first-order valence-electron chi connectivity index (χ1n) is 5.61. The normalized spacial score (nSPS) is 10.8. The van der Waals surface area contributed by atoms with E-state index in [2.05, 4.69) is 25.3 Å². The Bertz CT molecular complexity index is 727. The largest absolute Gasteiger partial charge is 0.492 e. The van der Waals surface area contributed by atoms with Crippen LogP contribution in [0.2, 0.25) is 0 Å². The van der Waals surface area contributed by atoms with Crippen LogP contribution in [0.1, 0.15) is 5.56 Å². The lowest BCUT2D eigenvalue weighted by Crippen LogP contribution is -2.05. The molecular formula is C12H10FN5O. The number of imidazole rings is 1. The number of hydrogen-bond donors (Lipinski definition) is 3. The third-order valence-corrected chi connectivity index (χ3v) is 2.66. The Labute approximate surface area is 107 Å². The minimum absolute atomic E-state index is 0.206. The number of fused-ring (bicyclic) bond motifs is 1. The van der Waals surface area contributed by atoms with Crippen molar-refractivity contribution in [2.75, 3.05) is 5.32 Å². The van der Waals surface area contributed by atoms with Gasteiger partial charge in [-0.2, -0.15) is 9.97 Å². The Morgan fingerprint density at radius 3 is 2.95 bits per heavy atom. The number of halogens is 1. The molecule has 0 atom stereocenters. The van der Waals surface area contributed by atoms with Gasteiger partial charge in [0, 0.05) is 12.1 Å². The van der Waals surface area contributed by atoms with E-state index in [1.54, 1.807) is 18.2 Å². The zero-order valence-electron chi connectivity index (χ0n) is 9.76. The van der Waals surface area contributed by atoms with Crippen molar-refractivity contribution in [3.05, 3.63) is 42.0 Å². The van der Waals surface area contributed by atoms with E-state index in [0.29, 0.717) is 16.7 Å². The van der Waals surface area contributed by atoms with Gasteiger partial charge in [-0.3, -0.25) is 0 Å². The highest BCUT2D eigenvalue weighted by Crippen LogP contribution is 2.19. The topological polar surface area (TPSA) is 86.7 Å². The molecule has 0 radical (unpaired) electrons. The van der Waals surface area contributed by atoms with Gasteiger partial charge in [-0.1, -0.05) is 18.2 Å². The monoisotopic (exact) mass is 259 g/mol. The van der Waals surface area contributed by atoms with Crippen LogP contribution in [0.25, 0.3) is 11.2 Å². The summed E-state index contributed by atoms with van der Waals surface area (Å²) in [4.78, 5) is 14.6. The molecule has 3 aromatic rings. The van der Waals surface area contributed by atoms with Crippen LogP contribution in [0, 0.1) is 5.82 Å². The number of H-pyrrole nitrogens is 1. The van der Waals surface area contributed by atoms with Gasteiger partial charge >= 0.3 is 0 Å². The SMILES string of the molecule is Oc1nc(NCc2ccccc2F)nc2[nH]cnc12. The minimum Gasteiger partial charge on any atom is -0.492 e. The number of benzene rings is 1. The first kappa shape index (κ1) is 11.4. The standard InChI is InChI=1S/C12H10FN5O/c13-8-4-2-1-3-7(8)5-14-12-17-10-9(11(19)18-12)15-6-16-10/h1-4,6H,5H2,(H3,14,15,16,17,18,19). The van der Waals surface area contributed by atoms with Gasteiger partial charge in [0.2, 0.25) is 11.8 Å². The van der Waals surface area contributed by atoms with Gasteiger partial charge in [-0.05, 0) is 6.07 Å². The Kier molecular flexibility index (Phi) is 2.71. The maximum atomic E-state index is 13.4. The molecule has 0 aliphatic carbocycles. The fourth-order valence-corrected chi connectivity index (χ4v) is 1.72. The van der Waals surface area contributed by atoms with E-state index in [4.69, 9.17) is 0 Å². The fraction of sp³-hybridized carbons (Fsp3) is 0.0833. The summed E-state index contributed by atoms with van der Waals surface area (Å²) in [5.74, 6) is -0.318. The quantitative estimate of drug-likeness (QED) is 0.667. The van der Waals surface area contributed by atoms with Crippen molar-refractivity contribution in [3.8, 4) is 5.88 Å². The molecule has 3 N–H and O–H groups in total. The van der Waals surface area contributed by atoms with Crippen LogP contribution >= 0.6 is 0 Å². The van der Waals surface area contributed by atoms with Gasteiger partial charge in [0.1, 0.15) is 5.82 Å². The van der Waals surface area contributed by atoms with Crippen molar-refractivity contribution in [1.82, 2.24) is 19.9 Å². The van der Waals surface area contributed by atoms with Crippen LogP contribution in [0.15, 0.2) is 30.6 Å². The Hall–Kier alpha value is -2.70. The predicted octanol–water partition coefficient (Wildman–Crippen LogP) is 1.81. The second-order valence-corrected chi connectivity index (χ2v) is 3.92. The number of anilines is 1. The van der Waals surface area contributed by atoms with Gasteiger partial charge in [-0.25, -0.2) is 9.37 Å². The Morgan fingerprint density at radius 2 is 2.11 bits per heavy atom. The van der Waals surface area contributed by atoms with E-state index >= 15 is 0 Å². The van der Waals surface area contributed by atoms with Crippen LogP contribution < -0.4 is 5.32 Å². The van der Waals surface area contributed by atoms with E-state index in [1.165, 1.54) is 12.4 Å². The second-order valence-electron chi connectivity index (χ2n) is 3.92. The van der Waals surface area contributed by atoms with E-state index < -0.39 is 0 Å². The van der Waals surface area contributed by atoms with Crippen LogP contribution in [0.3, 0.4) is 0 Å². The Balaban J connectivity index is 1.84. The summed E-state index contributed by atoms with van der Waals surface area (Å²) < 4.78 is 13.4. The van der Waals surface area contributed by atoms with E-state index in [1.807, 2.05) is 0 Å². The molecule has 3 rings (SSSR count). The highest BCUT2D eigenvalue weighted by atomic mass is 19.1. The smallest absolute Gasteiger partial charge is 0.244 e. The molecular weight excluding hydrogens is 249 g/mol. The van der Waals surface area contributed by atoms with Crippen molar-refractivity contribution in [1.29, 1.82) is 0 Å². The zero-order valence-corrected chi connectivity index (χ0v) is 9.76. The predicted molar refractivity (Wildman–Crippen MR) is 67.1 cm³/mol. The maximum Gasteiger partial charge on any atom is 0.244 e. The lowest BCUT2D eigenvalue weighted by molar-refractivity contribution is 0.459. The fourth-order valence-electron chi connectivity index (χ4n) is 1.72. The number of hydrogen-bond acceptors (Lipinski definition) is 5. The third-order valence-electron chi connectivity index (χ3n) is 2.66. The van der Waals surface area contributed by atoms with Crippen molar-refractivity contribution in [2.24, 2.45) is 0 Å². The van der Waals surface area contributed by atoms with Gasteiger partial charge in [-0.15, -0.1) is 0 Å². The van der Waals surface area contributed by atoms with Crippen molar-refractivity contribution in [3.63, 3.8) is 0 Å². The molecule has 19 heavy (non-hydrogen) atoms. The third kappa shape index (κ3) is 2.17. The molecule has 96 valence electrons. The summed E-state index contributed by atoms with van der Waals surface area (Å²) in [6, 6.07) is 6.42. The first-order chi connectivity index (χ1) is 9.24. The molecule has 0 saturated carbocycles. The molecule has 0 aliphatic rings. The first-order valence-corrected chi connectivity index (χ1v) is 5.61. The van der Waals surface area contributed by atoms with Crippen LogP contribution in [-0.2, 0) is 6.54 Å². The van der Waals surface area contributed by atoms with E-state index in [9.17, 15) is 9.50 Å². The summed E-state index contributed by atoms with van der Waals surface area (Å²) in [6.07, 6.45) is 1.42. The number of aromatic hydroxyl groups is 1. The molecule has 1 aromatic carbocycles. The minimum atomic E-state index is -0.304. The molecule has 2 aromatic heterocycles. The summed E-state index contributed by atoms with van der Waals surface area (Å²) in [6.45, 7) is 0.228. The lowest BCUT2D eigenvalue weighted by Gasteiger charge is -2.06. The van der Waals surface area contributed by atoms with E-state index in [-0.39, 0.29) is 24.2 Å². The molecule has 0 saturated heterocycles. The molecule has 0 spiro atoms. The molecule has 0 unspecified atom stereocenters. The van der Waals surface area contributed by atoms with Gasteiger partial charge in [0.05, 0.1) is 6.33 Å². The second kappa shape index (κ2) is 4.52. The summed E-state index contributed by atoms with van der Waals surface area (Å²) in [7, 11) is 0. The number of rotatable bonds is 3. The highest BCUT2D eigenvalue weighted by Gasteiger charge is 2.09. The van der Waals surface area contributed by atoms with Crippen molar-refractivity contribution in [2.45, 2.75) is 6.54 Å². The molecule has 0 amide bonds.